The second-order valence-electron chi connectivity index (χ2n) is 6.39. The van der Waals surface area contributed by atoms with Crippen LogP contribution in [0.1, 0.15) is 57.0 Å². The van der Waals surface area contributed by atoms with Crippen molar-refractivity contribution >= 4 is 5.78 Å². The van der Waals surface area contributed by atoms with Crippen LogP contribution < -0.4 is 0 Å². The summed E-state index contributed by atoms with van der Waals surface area (Å²) in [7, 11) is 0. The normalized spacial score (nSPS) is 24.5. The van der Waals surface area contributed by atoms with Gasteiger partial charge in [0, 0.05) is 11.0 Å². The number of allylic oxidation sites excluding steroid dienone is 2. The average Bonchev–Trinajstić information content (AvgIpc) is 2.80. The molecule has 0 bridgehead atoms. The maximum atomic E-state index is 11.5. The van der Waals surface area contributed by atoms with Gasteiger partial charge in [0.1, 0.15) is 0 Å². The third-order valence-corrected chi connectivity index (χ3v) is 4.12. The van der Waals surface area contributed by atoms with E-state index in [1.165, 1.54) is 11.1 Å². The van der Waals surface area contributed by atoms with E-state index in [2.05, 4.69) is 45.9 Å². The Morgan fingerprint density at radius 2 is 1.83 bits per heavy atom. The molecule has 0 radical (unpaired) electrons. The van der Waals surface area contributed by atoms with E-state index in [9.17, 15) is 4.79 Å². The van der Waals surface area contributed by atoms with Crippen molar-refractivity contribution in [3.05, 3.63) is 47.0 Å². The SMILES string of the molecule is CC(=O)c1cccc(C2(C=C(C)C)CC2(C)C)c1. The molecule has 18 heavy (non-hydrogen) atoms. The fourth-order valence-electron chi connectivity index (χ4n) is 2.98. The molecule has 0 amide bonds. The van der Waals surface area contributed by atoms with E-state index in [1.54, 1.807) is 6.92 Å². The summed E-state index contributed by atoms with van der Waals surface area (Å²) >= 11 is 0. The van der Waals surface area contributed by atoms with Crippen molar-refractivity contribution in [2.45, 2.75) is 46.5 Å². The maximum Gasteiger partial charge on any atom is 0.159 e. The van der Waals surface area contributed by atoms with Gasteiger partial charge in [0.15, 0.2) is 5.78 Å². The molecule has 1 heteroatoms. The van der Waals surface area contributed by atoms with Crippen molar-refractivity contribution in [2.75, 3.05) is 0 Å². The van der Waals surface area contributed by atoms with E-state index in [-0.39, 0.29) is 11.2 Å². The summed E-state index contributed by atoms with van der Waals surface area (Å²) in [6, 6.07) is 8.12. The van der Waals surface area contributed by atoms with E-state index < -0.39 is 0 Å². The molecule has 1 aromatic rings. The number of hydrogen-bond donors (Lipinski definition) is 0. The van der Waals surface area contributed by atoms with E-state index >= 15 is 0 Å². The first kappa shape index (κ1) is 13.1. The summed E-state index contributed by atoms with van der Waals surface area (Å²) in [5, 5.41) is 0. The maximum absolute atomic E-state index is 11.5. The second-order valence-corrected chi connectivity index (χ2v) is 6.39. The molecule has 96 valence electrons. The van der Waals surface area contributed by atoms with Crippen LogP contribution in [0.4, 0.5) is 0 Å². The molecule has 1 atom stereocenters. The van der Waals surface area contributed by atoms with Crippen molar-refractivity contribution in [3.8, 4) is 0 Å². The van der Waals surface area contributed by atoms with Gasteiger partial charge in [-0.15, -0.1) is 0 Å². The minimum atomic E-state index is 0.122. The molecule has 1 aliphatic rings. The number of rotatable bonds is 3. The van der Waals surface area contributed by atoms with Gasteiger partial charge in [-0.1, -0.05) is 43.7 Å². The van der Waals surface area contributed by atoms with Crippen LogP contribution in [0.15, 0.2) is 35.9 Å². The van der Waals surface area contributed by atoms with Gasteiger partial charge in [-0.25, -0.2) is 0 Å². The highest BCUT2D eigenvalue weighted by atomic mass is 16.1. The Morgan fingerprint density at radius 1 is 1.22 bits per heavy atom. The van der Waals surface area contributed by atoms with Gasteiger partial charge < -0.3 is 0 Å². The molecule has 0 saturated heterocycles. The van der Waals surface area contributed by atoms with E-state index in [0.29, 0.717) is 5.41 Å². The zero-order chi connectivity index (χ0) is 13.6. The van der Waals surface area contributed by atoms with E-state index in [0.717, 1.165) is 12.0 Å². The van der Waals surface area contributed by atoms with Gasteiger partial charge in [0.05, 0.1) is 0 Å². The zero-order valence-electron chi connectivity index (χ0n) is 12.0. The molecule has 0 spiro atoms. The number of benzene rings is 1. The molecule has 1 fully saturated rings. The smallest absolute Gasteiger partial charge is 0.159 e. The number of Topliss-reactive ketones (excluding diaryl/α,β-unsaturated/α-hetero) is 1. The summed E-state index contributed by atoms with van der Waals surface area (Å²) in [5.41, 5.74) is 3.85. The lowest BCUT2D eigenvalue weighted by Crippen LogP contribution is -2.12. The van der Waals surface area contributed by atoms with Crippen LogP contribution in [0.3, 0.4) is 0 Å². The zero-order valence-corrected chi connectivity index (χ0v) is 12.0. The highest BCUT2D eigenvalue weighted by molar-refractivity contribution is 5.94. The Labute approximate surface area is 110 Å². The number of carbonyl (C=O) groups is 1. The topological polar surface area (TPSA) is 17.1 Å². The van der Waals surface area contributed by atoms with E-state index in [1.807, 2.05) is 12.1 Å². The first-order chi connectivity index (χ1) is 8.28. The van der Waals surface area contributed by atoms with Gasteiger partial charge in [-0.3, -0.25) is 4.79 Å². The molecular formula is C17H22O. The molecule has 1 nitrogen and oxygen atoms in total. The Bertz CT molecular complexity index is 518. The van der Waals surface area contributed by atoms with Crippen molar-refractivity contribution < 1.29 is 4.79 Å². The minimum absolute atomic E-state index is 0.122. The molecule has 0 heterocycles. The summed E-state index contributed by atoms with van der Waals surface area (Å²) in [6.07, 6.45) is 3.53. The Kier molecular flexibility index (Phi) is 2.96. The number of hydrogen-bond acceptors (Lipinski definition) is 1. The standard InChI is InChI=1S/C17H22O/c1-12(2)10-17(11-16(17,4)5)15-8-6-7-14(9-15)13(3)18/h6-10H,11H2,1-5H3. The predicted molar refractivity (Wildman–Crippen MR) is 76.0 cm³/mol. The Hall–Kier alpha value is -1.37. The first-order valence-corrected chi connectivity index (χ1v) is 6.56. The van der Waals surface area contributed by atoms with Crippen LogP contribution in [-0.2, 0) is 5.41 Å². The molecule has 1 unspecified atom stereocenters. The largest absolute Gasteiger partial charge is 0.295 e. The van der Waals surface area contributed by atoms with Crippen LogP contribution in [-0.4, -0.2) is 5.78 Å². The van der Waals surface area contributed by atoms with Crippen molar-refractivity contribution in [1.29, 1.82) is 0 Å². The quantitative estimate of drug-likeness (QED) is 0.562. The third-order valence-electron chi connectivity index (χ3n) is 4.12. The molecule has 0 N–H and O–H groups in total. The van der Waals surface area contributed by atoms with Crippen LogP contribution >= 0.6 is 0 Å². The predicted octanol–water partition coefficient (Wildman–Crippen LogP) is 4.52. The Morgan fingerprint density at radius 3 is 2.28 bits per heavy atom. The van der Waals surface area contributed by atoms with Crippen molar-refractivity contribution in [3.63, 3.8) is 0 Å². The molecule has 0 aliphatic heterocycles. The summed E-state index contributed by atoms with van der Waals surface area (Å²) in [4.78, 5) is 11.5. The second kappa shape index (κ2) is 4.08. The molecule has 1 aliphatic carbocycles. The summed E-state index contributed by atoms with van der Waals surface area (Å²) in [6.45, 7) is 10.5. The molecule has 1 saturated carbocycles. The van der Waals surface area contributed by atoms with Crippen molar-refractivity contribution in [2.24, 2.45) is 5.41 Å². The average molecular weight is 242 g/mol. The first-order valence-electron chi connectivity index (χ1n) is 6.56. The van der Waals surface area contributed by atoms with Crippen LogP contribution in [0.2, 0.25) is 0 Å². The fourth-order valence-corrected chi connectivity index (χ4v) is 2.98. The highest BCUT2D eigenvalue weighted by Gasteiger charge is 2.60. The summed E-state index contributed by atoms with van der Waals surface area (Å²) in [5.74, 6) is 0.141. The number of ketones is 1. The lowest BCUT2D eigenvalue weighted by molar-refractivity contribution is 0.101. The van der Waals surface area contributed by atoms with Gasteiger partial charge in [-0.05, 0) is 44.2 Å². The van der Waals surface area contributed by atoms with Crippen LogP contribution in [0.25, 0.3) is 0 Å². The van der Waals surface area contributed by atoms with Gasteiger partial charge in [0.2, 0.25) is 0 Å². The van der Waals surface area contributed by atoms with E-state index in [4.69, 9.17) is 0 Å². The monoisotopic (exact) mass is 242 g/mol. The number of carbonyl (C=O) groups excluding carboxylic acids is 1. The Balaban J connectivity index is 2.50. The molecule has 1 aromatic carbocycles. The van der Waals surface area contributed by atoms with Gasteiger partial charge in [0.25, 0.3) is 0 Å². The highest BCUT2D eigenvalue weighted by Crippen LogP contribution is 2.65. The van der Waals surface area contributed by atoms with Crippen LogP contribution in [0, 0.1) is 5.41 Å². The fraction of sp³-hybridized carbons (Fsp3) is 0.471. The van der Waals surface area contributed by atoms with Gasteiger partial charge in [-0.2, -0.15) is 0 Å². The molecular weight excluding hydrogens is 220 g/mol. The summed E-state index contributed by atoms with van der Waals surface area (Å²) < 4.78 is 0. The lowest BCUT2D eigenvalue weighted by Gasteiger charge is -2.18. The minimum Gasteiger partial charge on any atom is -0.295 e. The third kappa shape index (κ3) is 2.03. The van der Waals surface area contributed by atoms with Crippen LogP contribution in [0.5, 0.6) is 0 Å². The lowest BCUT2D eigenvalue weighted by atomic mass is 9.85. The molecule has 0 aromatic heterocycles. The molecule has 2 rings (SSSR count). The van der Waals surface area contributed by atoms with Crippen molar-refractivity contribution in [1.82, 2.24) is 0 Å². The van der Waals surface area contributed by atoms with Gasteiger partial charge >= 0.3 is 0 Å².